The van der Waals surface area contributed by atoms with Gasteiger partial charge < -0.3 is 114 Å². The number of aromatic nitrogens is 4. The van der Waals surface area contributed by atoms with Gasteiger partial charge in [-0.15, -0.1) is 0 Å². The van der Waals surface area contributed by atoms with Crippen molar-refractivity contribution in [1.82, 2.24) is 19.9 Å². The van der Waals surface area contributed by atoms with Crippen molar-refractivity contribution in [2.75, 3.05) is 88.2 Å². The summed E-state index contributed by atoms with van der Waals surface area (Å²) in [6.45, 7) is 9.66. The summed E-state index contributed by atoms with van der Waals surface area (Å²) >= 11 is 0. The van der Waals surface area contributed by atoms with Gasteiger partial charge in [0.05, 0.1) is 111 Å². The molecule has 3 saturated heterocycles. The minimum absolute atomic E-state index is 0. The molecule has 3 aromatic heterocycles. The molecule has 4 aromatic carbocycles. The molecule has 472 valence electrons. The Labute approximate surface area is 580 Å². The second kappa shape index (κ2) is 30.5. The molecule has 14 heteroatoms. The second-order valence-corrected chi connectivity index (χ2v) is 27.0. The predicted octanol–water partition coefficient (Wildman–Crippen LogP) is 7.71. The van der Waals surface area contributed by atoms with E-state index in [0.717, 1.165) is 210 Å². The molecule has 0 atom stereocenters. The number of quaternary nitrogens is 3. The van der Waals surface area contributed by atoms with Gasteiger partial charge in [-0.05, 0) is 126 Å². The van der Waals surface area contributed by atoms with Gasteiger partial charge in [-0.25, -0.2) is 9.97 Å². The van der Waals surface area contributed by atoms with Crippen LogP contribution in [0.15, 0.2) is 121 Å². The number of ether oxygens (including phenoxy) is 4. The van der Waals surface area contributed by atoms with Crippen LogP contribution >= 0.6 is 0 Å². The lowest BCUT2D eigenvalue weighted by molar-refractivity contribution is -0.895. The molecule has 89 heavy (non-hydrogen) atoms. The Hall–Kier alpha value is -5.25. The van der Waals surface area contributed by atoms with Crippen molar-refractivity contribution in [3.8, 4) is 67.5 Å². The molecule has 8 bridgehead atoms. The predicted molar refractivity (Wildman–Crippen MR) is 355 cm³/mol. The van der Waals surface area contributed by atoms with E-state index in [9.17, 15) is 0 Å². The first kappa shape index (κ1) is 68.1. The molecule has 0 spiro atoms. The fourth-order valence-corrected chi connectivity index (χ4v) is 13.3. The SMILES string of the molecule is CCCCCCCCCCOc1ccc(-c2c3nc(c(-c4ccc(OC5CC[N+](C)(C)CC5)cc4)c4ccc([nH]4)c(-c4ccc(OC5CC[N+](C)(C)CC5)cc4)c4nc(c(-c5ccc(OC6CC[N+](C)(C)CC6)cc5)c5ccc2[nH]5)C=C4)C=C3)cc1.[I-].[I-].[I-]. The average molecular weight is 1540 g/mol. The molecule has 12 rings (SSSR count). The molecule has 3 fully saturated rings. The monoisotopic (exact) mass is 1540 g/mol. The molecular formula is C75H92I3N7O4. The third-order valence-electron chi connectivity index (χ3n) is 18.8. The highest BCUT2D eigenvalue weighted by Gasteiger charge is 2.30. The van der Waals surface area contributed by atoms with Crippen molar-refractivity contribution in [2.45, 2.75) is 115 Å². The van der Waals surface area contributed by atoms with Crippen LogP contribution < -0.4 is 90.9 Å². The number of halogens is 3. The van der Waals surface area contributed by atoms with E-state index in [2.05, 4.69) is 205 Å². The third-order valence-corrected chi connectivity index (χ3v) is 18.8. The van der Waals surface area contributed by atoms with Crippen LogP contribution in [-0.4, -0.2) is 140 Å². The zero-order valence-electron chi connectivity index (χ0n) is 53.4. The maximum atomic E-state index is 6.67. The summed E-state index contributed by atoms with van der Waals surface area (Å²) in [5.74, 6) is 3.55. The van der Waals surface area contributed by atoms with Crippen molar-refractivity contribution < 1.29 is 104 Å². The van der Waals surface area contributed by atoms with Crippen LogP contribution in [0.2, 0.25) is 0 Å². The summed E-state index contributed by atoms with van der Waals surface area (Å²) in [7, 11) is 13.9. The Morgan fingerprint density at radius 3 is 0.888 bits per heavy atom. The number of H-pyrrole nitrogens is 2. The Morgan fingerprint density at radius 1 is 0.348 bits per heavy atom. The van der Waals surface area contributed by atoms with E-state index in [1.54, 1.807) is 0 Å². The first-order chi connectivity index (χ1) is 41.7. The third kappa shape index (κ3) is 17.1. The summed E-state index contributed by atoms with van der Waals surface area (Å²) in [4.78, 5) is 19.2. The number of piperidine rings is 3. The number of fused-ring (bicyclic) bond motifs is 8. The molecule has 0 radical (unpaired) electrons. The lowest BCUT2D eigenvalue weighted by Crippen LogP contribution is -3.00. The highest BCUT2D eigenvalue weighted by atomic mass is 127. The topological polar surface area (TPSA) is 94.3 Å². The van der Waals surface area contributed by atoms with Gasteiger partial charge in [0.15, 0.2) is 0 Å². The van der Waals surface area contributed by atoms with Gasteiger partial charge in [-0.2, -0.15) is 0 Å². The van der Waals surface area contributed by atoms with Crippen LogP contribution in [-0.2, 0) is 0 Å². The van der Waals surface area contributed by atoms with Gasteiger partial charge in [0, 0.05) is 82.8 Å². The molecule has 2 N–H and O–H groups in total. The zero-order valence-corrected chi connectivity index (χ0v) is 59.9. The molecule has 0 unspecified atom stereocenters. The minimum Gasteiger partial charge on any atom is -1.00 e. The minimum atomic E-state index is 0. The lowest BCUT2D eigenvalue weighted by Gasteiger charge is -2.37. The Kier molecular flexibility index (Phi) is 23.3. The van der Waals surface area contributed by atoms with Gasteiger partial charge in [0.2, 0.25) is 0 Å². The van der Waals surface area contributed by atoms with Crippen LogP contribution in [0.1, 0.15) is 120 Å². The van der Waals surface area contributed by atoms with E-state index >= 15 is 0 Å². The van der Waals surface area contributed by atoms with E-state index in [4.69, 9.17) is 28.9 Å². The van der Waals surface area contributed by atoms with E-state index < -0.39 is 0 Å². The molecule has 5 aliphatic heterocycles. The number of benzene rings is 4. The van der Waals surface area contributed by atoms with Crippen molar-refractivity contribution in [1.29, 1.82) is 0 Å². The maximum absolute atomic E-state index is 6.67. The summed E-state index contributed by atoms with van der Waals surface area (Å²) in [5, 5.41) is 0. The van der Waals surface area contributed by atoms with Gasteiger partial charge in [-0.1, -0.05) is 100 Å². The number of unbranched alkanes of at least 4 members (excludes halogenated alkanes) is 7. The smallest absolute Gasteiger partial charge is 0.119 e. The quantitative estimate of drug-likeness (QED) is 0.0462. The first-order valence-corrected chi connectivity index (χ1v) is 32.4. The summed E-state index contributed by atoms with van der Waals surface area (Å²) in [5.41, 5.74) is 15.4. The number of nitrogens with zero attached hydrogens (tertiary/aromatic N) is 5. The van der Waals surface area contributed by atoms with Crippen LogP contribution in [0.4, 0.5) is 0 Å². The molecule has 8 heterocycles. The van der Waals surface area contributed by atoms with Crippen molar-refractivity contribution in [2.24, 2.45) is 0 Å². The number of likely N-dealkylation sites (tertiary alicyclic amines) is 3. The van der Waals surface area contributed by atoms with Crippen LogP contribution in [0, 0.1) is 0 Å². The Morgan fingerprint density at radius 2 is 0.607 bits per heavy atom. The molecule has 0 aliphatic carbocycles. The average Bonchev–Trinajstić information content (AvgIpc) is 2.50. The first-order valence-electron chi connectivity index (χ1n) is 32.4. The number of rotatable bonds is 20. The number of hydrogen-bond donors (Lipinski definition) is 2. The van der Waals surface area contributed by atoms with Crippen LogP contribution in [0.5, 0.6) is 23.0 Å². The molecule has 5 aliphatic rings. The van der Waals surface area contributed by atoms with Crippen molar-refractivity contribution >= 4 is 46.4 Å². The number of nitrogens with one attached hydrogen (secondary N) is 2. The highest BCUT2D eigenvalue weighted by molar-refractivity contribution is 6.00. The molecular weight excluding hydrogens is 1440 g/mol. The van der Waals surface area contributed by atoms with E-state index in [0.29, 0.717) is 6.61 Å². The van der Waals surface area contributed by atoms with E-state index in [-0.39, 0.29) is 90.2 Å². The van der Waals surface area contributed by atoms with E-state index in [1.165, 1.54) is 44.9 Å². The fourth-order valence-electron chi connectivity index (χ4n) is 13.3. The van der Waals surface area contributed by atoms with Crippen LogP contribution in [0.25, 0.3) is 90.9 Å². The van der Waals surface area contributed by atoms with Gasteiger partial charge >= 0.3 is 0 Å². The summed E-state index contributed by atoms with van der Waals surface area (Å²) < 4.78 is 29.5. The lowest BCUT2D eigenvalue weighted by atomic mass is 10.0. The Balaban J connectivity index is 0.00000314. The Bertz CT molecular complexity index is 3620. The van der Waals surface area contributed by atoms with Crippen molar-refractivity contribution in [3.05, 3.63) is 144 Å². The number of aromatic amines is 2. The molecule has 0 saturated carbocycles. The summed E-state index contributed by atoms with van der Waals surface area (Å²) in [6.07, 6.45) is 25.7. The standard InChI is InChI=1S/C75H92N7O4.3HI/c1-8-9-10-11-12-13-14-15-52-83-57-24-16-53(17-25-57)72-64-32-34-66(76-64)73(54-18-26-58(27-19-54)84-61-40-46-80(2,3)47-41-61)68-36-38-70(78-68)75(56-22-30-60(31-23-56)86-63-44-50-82(6,7)51-45-63)71-39-37-69(79-71)74(67-35-33-65(72)77-67)55-20-28-59(29-21-55)85-62-42-48-81(4,5)49-43-62;;;/h16-39,61-63,76,79H,8-15,40-52H2,1-7H3;3*1H/q+3;;;/p-3. The van der Waals surface area contributed by atoms with Gasteiger partial charge in [0.25, 0.3) is 0 Å². The molecule has 0 amide bonds. The van der Waals surface area contributed by atoms with Crippen molar-refractivity contribution in [3.63, 3.8) is 0 Å². The second-order valence-electron chi connectivity index (χ2n) is 27.0. The van der Waals surface area contributed by atoms with Crippen LogP contribution in [0.3, 0.4) is 0 Å². The normalized spacial score (nSPS) is 17.0. The van der Waals surface area contributed by atoms with E-state index in [1.807, 2.05) is 0 Å². The van der Waals surface area contributed by atoms with Gasteiger partial charge in [0.1, 0.15) is 41.3 Å². The summed E-state index contributed by atoms with van der Waals surface area (Å²) in [6, 6.07) is 43.4. The zero-order chi connectivity index (χ0) is 59.3. The van der Waals surface area contributed by atoms with Gasteiger partial charge in [-0.3, -0.25) is 0 Å². The highest BCUT2D eigenvalue weighted by Crippen LogP contribution is 2.40. The largest absolute Gasteiger partial charge is 1.00 e. The fraction of sp³-hybridized carbons (Fsp3) is 0.413. The maximum Gasteiger partial charge on any atom is 0.119 e. The molecule has 11 nitrogen and oxygen atoms in total. The number of hydrogen-bond acceptors (Lipinski definition) is 6. The molecule has 7 aromatic rings.